The Hall–Kier alpha value is -1.28. The van der Waals surface area contributed by atoms with Gasteiger partial charge in [-0.2, -0.15) is 5.26 Å². The van der Waals surface area contributed by atoms with Gasteiger partial charge >= 0.3 is 6.09 Å². The highest BCUT2D eigenvalue weighted by molar-refractivity contribution is 5.68. The molecule has 1 heterocycles. The molecule has 2 aliphatic rings. The number of nitriles is 1. The second-order valence-corrected chi connectivity index (χ2v) is 8.05. The van der Waals surface area contributed by atoms with Crippen molar-refractivity contribution in [3.8, 4) is 6.07 Å². The highest BCUT2D eigenvalue weighted by atomic mass is 16.6. The van der Waals surface area contributed by atoms with Crippen LogP contribution in [0.2, 0.25) is 0 Å². The molecule has 23 heavy (non-hydrogen) atoms. The molecule has 5 nitrogen and oxygen atoms in total. The number of hydrogen-bond donors (Lipinski definition) is 1. The smallest absolute Gasteiger partial charge is 0.410 e. The van der Waals surface area contributed by atoms with Gasteiger partial charge in [-0.05, 0) is 59.8 Å². The lowest BCUT2D eigenvalue weighted by Crippen LogP contribution is -2.45. The van der Waals surface area contributed by atoms with Crippen molar-refractivity contribution in [3.63, 3.8) is 0 Å². The summed E-state index contributed by atoms with van der Waals surface area (Å²) < 4.78 is 5.52. The number of rotatable bonds is 4. The molecule has 4 atom stereocenters. The van der Waals surface area contributed by atoms with Gasteiger partial charge in [-0.15, -0.1) is 0 Å². The molecule has 1 aliphatic heterocycles. The third-order valence-corrected chi connectivity index (χ3v) is 4.81. The average Bonchev–Trinajstić information content (AvgIpc) is 3.05. The van der Waals surface area contributed by atoms with E-state index in [1.165, 1.54) is 0 Å². The molecule has 4 unspecified atom stereocenters. The normalized spacial score (nSPS) is 29.3. The molecule has 0 bridgehead atoms. The van der Waals surface area contributed by atoms with E-state index in [4.69, 9.17) is 4.74 Å². The van der Waals surface area contributed by atoms with Gasteiger partial charge in [0.2, 0.25) is 0 Å². The molecule has 1 amide bonds. The van der Waals surface area contributed by atoms with Crippen molar-refractivity contribution in [1.82, 2.24) is 10.2 Å². The predicted octanol–water partition coefficient (Wildman–Crippen LogP) is 3.45. The van der Waals surface area contributed by atoms with Crippen LogP contribution in [0.4, 0.5) is 4.79 Å². The number of ether oxygens (including phenoxy) is 1. The molecule has 1 aliphatic carbocycles. The zero-order chi connectivity index (χ0) is 17.0. The van der Waals surface area contributed by atoms with E-state index in [1.54, 1.807) is 0 Å². The van der Waals surface area contributed by atoms with Crippen LogP contribution in [0.3, 0.4) is 0 Å². The maximum atomic E-state index is 12.3. The van der Waals surface area contributed by atoms with Gasteiger partial charge in [-0.25, -0.2) is 4.79 Å². The fraction of sp³-hybridized carbons (Fsp3) is 0.889. The molecule has 1 saturated carbocycles. The monoisotopic (exact) mass is 321 g/mol. The van der Waals surface area contributed by atoms with E-state index < -0.39 is 5.60 Å². The molecule has 5 heteroatoms. The van der Waals surface area contributed by atoms with Crippen molar-refractivity contribution in [1.29, 1.82) is 5.26 Å². The molecule has 130 valence electrons. The van der Waals surface area contributed by atoms with Crippen LogP contribution in [0.15, 0.2) is 0 Å². The standard InChI is InChI=1S/C18H31N3O2/c1-13(20-16-9-5-7-14(16)12-19)11-15-8-6-10-21(15)17(22)23-18(2,3)4/h13-16,20H,5-11H2,1-4H3. The summed E-state index contributed by atoms with van der Waals surface area (Å²) >= 11 is 0. The molecular weight excluding hydrogens is 290 g/mol. The first kappa shape index (κ1) is 18.1. The molecular formula is C18H31N3O2. The van der Waals surface area contributed by atoms with Gasteiger partial charge in [0.05, 0.1) is 12.0 Å². The Balaban J connectivity index is 1.86. The minimum atomic E-state index is -0.446. The van der Waals surface area contributed by atoms with Crippen LogP contribution in [-0.4, -0.2) is 41.3 Å². The fourth-order valence-corrected chi connectivity index (χ4v) is 3.80. The van der Waals surface area contributed by atoms with E-state index >= 15 is 0 Å². The van der Waals surface area contributed by atoms with Gasteiger partial charge in [-0.1, -0.05) is 6.42 Å². The Labute approximate surface area is 140 Å². The highest BCUT2D eigenvalue weighted by Crippen LogP contribution is 2.27. The number of nitrogens with one attached hydrogen (secondary N) is 1. The van der Waals surface area contributed by atoms with E-state index in [-0.39, 0.29) is 18.1 Å². The Bertz CT molecular complexity index is 452. The third kappa shape index (κ3) is 5.10. The van der Waals surface area contributed by atoms with E-state index in [2.05, 4.69) is 18.3 Å². The summed E-state index contributed by atoms with van der Waals surface area (Å²) in [4.78, 5) is 14.2. The van der Waals surface area contributed by atoms with Gasteiger partial charge < -0.3 is 15.0 Å². The van der Waals surface area contributed by atoms with Gasteiger partial charge in [0.15, 0.2) is 0 Å². The van der Waals surface area contributed by atoms with Crippen molar-refractivity contribution >= 4 is 6.09 Å². The van der Waals surface area contributed by atoms with Crippen LogP contribution in [-0.2, 0) is 4.74 Å². The lowest BCUT2D eigenvalue weighted by atomic mass is 10.0. The minimum Gasteiger partial charge on any atom is -0.444 e. The highest BCUT2D eigenvalue weighted by Gasteiger charge is 2.34. The summed E-state index contributed by atoms with van der Waals surface area (Å²) in [7, 11) is 0. The number of amides is 1. The summed E-state index contributed by atoms with van der Waals surface area (Å²) in [5.41, 5.74) is -0.446. The van der Waals surface area contributed by atoms with E-state index in [0.29, 0.717) is 12.1 Å². The summed E-state index contributed by atoms with van der Waals surface area (Å²) in [6.45, 7) is 8.67. The molecule has 2 rings (SSSR count). The van der Waals surface area contributed by atoms with Crippen LogP contribution < -0.4 is 5.32 Å². The summed E-state index contributed by atoms with van der Waals surface area (Å²) in [6.07, 6.45) is 6.04. The number of nitrogens with zero attached hydrogens (tertiary/aromatic N) is 2. The minimum absolute atomic E-state index is 0.142. The van der Waals surface area contributed by atoms with Crippen molar-refractivity contribution in [2.45, 2.75) is 89.9 Å². The second kappa shape index (κ2) is 7.53. The first-order valence-electron chi connectivity index (χ1n) is 8.95. The Morgan fingerprint density at radius 3 is 2.74 bits per heavy atom. The van der Waals surface area contributed by atoms with Crippen LogP contribution in [0.1, 0.15) is 66.2 Å². The van der Waals surface area contributed by atoms with Crippen LogP contribution in [0.25, 0.3) is 0 Å². The molecule has 0 aromatic heterocycles. The average molecular weight is 321 g/mol. The maximum absolute atomic E-state index is 12.3. The fourth-order valence-electron chi connectivity index (χ4n) is 3.80. The molecule has 0 aromatic carbocycles. The maximum Gasteiger partial charge on any atom is 0.410 e. The quantitative estimate of drug-likeness (QED) is 0.861. The van der Waals surface area contributed by atoms with Gasteiger partial charge in [0.1, 0.15) is 5.60 Å². The zero-order valence-corrected chi connectivity index (χ0v) is 15.0. The van der Waals surface area contributed by atoms with E-state index in [1.807, 2.05) is 25.7 Å². The van der Waals surface area contributed by atoms with Crippen molar-refractivity contribution in [3.05, 3.63) is 0 Å². The molecule has 0 spiro atoms. The van der Waals surface area contributed by atoms with Crippen LogP contribution >= 0.6 is 0 Å². The van der Waals surface area contributed by atoms with Crippen molar-refractivity contribution < 1.29 is 9.53 Å². The Kier molecular flexibility index (Phi) is 5.91. The summed E-state index contributed by atoms with van der Waals surface area (Å²) in [6, 6.07) is 3.28. The number of carbonyl (C=O) groups excluding carboxylic acids is 1. The molecule has 2 fully saturated rings. The second-order valence-electron chi connectivity index (χ2n) is 8.05. The van der Waals surface area contributed by atoms with Gasteiger partial charge in [0, 0.05) is 24.7 Å². The van der Waals surface area contributed by atoms with Gasteiger partial charge in [0.25, 0.3) is 0 Å². The molecule has 0 aromatic rings. The third-order valence-electron chi connectivity index (χ3n) is 4.81. The number of carbonyl (C=O) groups is 1. The van der Waals surface area contributed by atoms with Crippen molar-refractivity contribution in [2.24, 2.45) is 5.92 Å². The van der Waals surface area contributed by atoms with Crippen molar-refractivity contribution in [2.75, 3.05) is 6.54 Å². The van der Waals surface area contributed by atoms with E-state index in [0.717, 1.165) is 45.1 Å². The molecule has 1 N–H and O–H groups in total. The van der Waals surface area contributed by atoms with E-state index in [9.17, 15) is 10.1 Å². The Morgan fingerprint density at radius 2 is 2.09 bits per heavy atom. The first-order valence-corrected chi connectivity index (χ1v) is 8.95. The SMILES string of the molecule is CC(CC1CCCN1C(=O)OC(C)(C)C)NC1CCCC1C#N. The molecule has 1 saturated heterocycles. The zero-order valence-electron chi connectivity index (χ0n) is 15.0. The summed E-state index contributed by atoms with van der Waals surface area (Å²) in [5.74, 6) is 0.142. The van der Waals surface area contributed by atoms with Crippen LogP contribution in [0.5, 0.6) is 0 Å². The summed E-state index contributed by atoms with van der Waals surface area (Å²) in [5, 5.41) is 12.8. The van der Waals surface area contributed by atoms with Crippen LogP contribution in [0, 0.1) is 17.2 Å². The first-order chi connectivity index (χ1) is 10.8. The molecule has 0 radical (unpaired) electrons. The lowest BCUT2D eigenvalue weighted by Gasteiger charge is -2.31. The Morgan fingerprint density at radius 1 is 1.35 bits per heavy atom. The number of likely N-dealkylation sites (tertiary alicyclic amines) is 1. The predicted molar refractivity (Wildman–Crippen MR) is 89.9 cm³/mol. The number of hydrogen-bond acceptors (Lipinski definition) is 4. The topological polar surface area (TPSA) is 65.4 Å². The lowest BCUT2D eigenvalue weighted by molar-refractivity contribution is 0.0213. The van der Waals surface area contributed by atoms with Gasteiger partial charge in [-0.3, -0.25) is 0 Å². The largest absolute Gasteiger partial charge is 0.444 e.